The first-order valence-corrected chi connectivity index (χ1v) is 12.0. The van der Waals surface area contributed by atoms with E-state index in [0.717, 1.165) is 24.8 Å². The lowest BCUT2D eigenvalue weighted by Crippen LogP contribution is -2.42. The molecule has 3 rings (SSSR count). The average molecular weight is 427 g/mol. The van der Waals surface area contributed by atoms with E-state index in [0.29, 0.717) is 13.0 Å². The van der Waals surface area contributed by atoms with Gasteiger partial charge < -0.3 is 5.32 Å². The molecule has 5 nitrogen and oxygen atoms in total. The van der Waals surface area contributed by atoms with Gasteiger partial charge in [-0.05, 0) is 56.2 Å². The van der Waals surface area contributed by atoms with Crippen molar-refractivity contribution in [2.24, 2.45) is 0 Å². The Hall–Kier alpha value is -2.44. The summed E-state index contributed by atoms with van der Waals surface area (Å²) in [5.74, 6) is -0.265. The highest BCUT2D eigenvalue weighted by atomic mass is 32.2. The van der Waals surface area contributed by atoms with E-state index in [-0.39, 0.29) is 23.9 Å². The van der Waals surface area contributed by atoms with Gasteiger partial charge in [0.15, 0.2) is 0 Å². The summed E-state index contributed by atoms with van der Waals surface area (Å²) in [5, 5.41) is 2.90. The van der Waals surface area contributed by atoms with Crippen molar-refractivity contribution in [3.8, 4) is 0 Å². The molecule has 1 aliphatic rings. The van der Waals surface area contributed by atoms with E-state index in [1.54, 1.807) is 30.3 Å². The Balaban J connectivity index is 1.64. The van der Waals surface area contributed by atoms with Crippen LogP contribution in [-0.4, -0.2) is 38.3 Å². The van der Waals surface area contributed by atoms with Gasteiger partial charge in [0.1, 0.15) is 0 Å². The Morgan fingerprint density at radius 2 is 1.63 bits per heavy atom. The summed E-state index contributed by atoms with van der Waals surface area (Å²) in [6.45, 7) is 0.617. The molecular formula is C24H30N2O3S. The number of carbonyl (C=O) groups is 1. The van der Waals surface area contributed by atoms with Crippen molar-refractivity contribution in [2.45, 2.75) is 43.4 Å². The summed E-state index contributed by atoms with van der Waals surface area (Å²) in [4.78, 5) is 12.8. The van der Waals surface area contributed by atoms with Crippen LogP contribution in [0.15, 0.2) is 77.2 Å². The molecule has 6 heteroatoms. The molecule has 160 valence electrons. The lowest BCUT2D eigenvalue weighted by atomic mass is 9.97. The van der Waals surface area contributed by atoms with E-state index in [1.165, 1.54) is 22.7 Å². The molecule has 30 heavy (non-hydrogen) atoms. The molecule has 0 spiro atoms. The van der Waals surface area contributed by atoms with E-state index >= 15 is 0 Å². The average Bonchev–Trinajstić information content (AvgIpc) is 2.78. The Morgan fingerprint density at radius 3 is 2.30 bits per heavy atom. The third kappa shape index (κ3) is 6.54. The Kier molecular flexibility index (Phi) is 8.22. The normalized spacial score (nSPS) is 14.4. The van der Waals surface area contributed by atoms with Crippen molar-refractivity contribution in [1.29, 1.82) is 0 Å². The minimum absolute atomic E-state index is 0.177. The van der Waals surface area contributed by atoms with Gasteiger partial charge in [-0.15, -0.1) is 0 Å². The lowest BCUT2D eigenvalue weighted by molar-refractivity contribution is -0.121. The third-order valence-electron chi connectivity index (χ3n) is 5.35. The van der Waals surface area contributed by atoms with Crippen LogP contribution in [-0.2, 0) is 21.2 Å². The molecule has 0 unspecified atom stereocenters. The maximum Gasteiger partial charge on any atom is 0.243 e. The van der Waals surface area contributed by atoms with Crippen LogP contribution >= 0.6 is 0 Å². The van der Waals surface area contributed by atoms with Gasteiger partial charge in [-0.25, -0.2) is 8.42 Å². The van der Waals surface area contributed by atoms with Crippen LogP contribution in [0.4, 0.5) is 0 Å². The second-order valence-electron chi connectivity index (χ2n) is 7.60. The summed E-state index contributed by atoms with van der Waals surface area (Å²) < 4.78 is 27.6. The number of allylic oxidation sites excluding steroid dienone is 1. The molecule has 0 radical (unpaired) electrons. The standard InChI is InChI=1S/C24H30N2O3S/c27-24(25-18-16-21-10-4-1-5-11-21)20-26(19-17-22-12-6-2-7-13-22)30(28,29)23-14-8-3-9-15-23/h2-3,6-10,12-15H,1,4-5,11,16-20H2,(H,25,27). The van der Waals surface area contributed by atoms with Gasteiger partial charge >= 0.3 is 0 Å². The molecule has 0 bridgehead atoms. The fourth-order valence-corrected chi connectivity index (χ4v) is 5.05. The van der Waals surface area contributed by atoms with Gasteiger partial charge in [-0.2, -0.15) is 4.31 Å². The van der Waals surface area contributed by atoms with Gasteiger partial charge in [0, 0.05) is 13.1 Å². The smallest absolute Gasteiger partial charge is 0.243 e. The van der Waals surface area contributed by atoms with Crippen molar-refractivity contribution in [3.63, 3.8) is 0 Å². The highest BCUT2D eigenvalue weighted by Crippen LogP contribution is 2.19. The van der Waals surface area contributed by atoms with Crippen LogP contribution in [0.3, 0.4) is 0 Å². The minimum Gasteiger partial charge on any atom is -0.355 e. The number of hydrogen-bond acceptors (Lipinski definition) is 3. The summed E-state index contributed by atoms with van der Waals surface area (Å²) in [5.41, 5.74) is 2.43. The van der Waals surface area contributed by atoms with Gasteiger partial charge in [-0.1, -0.05) is 60.2 Å². The van der Waals surface area contributed by atoms with Crippen molar-refractivity contribution in [1.82, 2.24) is 9.62 Å². The first-order chi connectivity index (χ1) is 14.6. The summed E-state index contributed by atoms with van der Waals surface area (Å²) in [6.07, 6.45) is 8.31. The van der Waals surface area contributed by atoms with Gasteiger partial charge in [-0.3, -0.25) is 4.79 Å². The quantitative estimate of drug-likeness (QED) is 0.586. The molecular weight excluding hydrogens is 396 g/mol. The number of rotatable bonds is 10. The van der Waals surface area contributed by atoms with Crippen molar-refractivity contribution in [2.75, 3.05) is 19.6 Å². The summed E-state index contributed by atoms with van der Waals surface area (Å²) in [7, 11) is -3.75. The van der Waals surface area contributed by atoms with Crippen LogP contribution in [0.5, 0.6) is 0 Å². The van der Waals surface area contributed by atoms with Crippen molar-refractivity contribution in [3.05, 3.63) is 77.9 Å². The van der Waals surface area contributed by atoms with E-state index < -0.39 is 10.0 Å². The van der Waals surface area contributed by atoms with Crippen molar-refractivity contribution >= 4 is 15.9 Å². The number of benzene rings is 2. The van der Waals surface area contributed by atoms with Crippen LogP contribution in [0.1, 0.15) is 37.7 Å². The first kappa shape index (κ1) is 22.2. The van der Waals surface area contributed by atoms with Crippen LogP contribution in [0, 0.1) is 0 Å². The van der Waals surface area contributed by atoms with E-state index in [1.807, 2.05) is 30.3 Å². The molecule has 0 fully saturated rings. The van der Waals surface area contributed by atoms with Crippen LogP contribution in [0.25, 0.3) is 0 Å². The molecule has 0 aromatic heterocycles. The van der Waals surface area contributed by atoms with Gasteiger partial charge in [0.2, 0.25) is 15.9 Å². The number of carbonyl (C=O) groups excluding carboxylic acids is 1. The molecule has 1 aliphatic carbocycles. The van der Waals surface area contributed by atoms with Gasteiger partial charge in [0.05, 0.1) is 11.4 Å². The van der Waals surface area contributed by atoms with E-state index in [9.17, 15) is 13.2 Å². The fraction of sp³-hybridized carbons (Fsp3) is 0.375. The second-order valence-corrected chi connectivity index (χ2v) is 9.53. The third-order valence-corrected chi connectivity index (χ3v) is 7.21. The summed E-state index contributed by atoms with van der Waals surface area (Å²) in [6, 6.07) is 18.0. The second kappa shape index (κ2) is 11.1. The SMILES string of the molecule is O=C(CN(CCc1ccccc1)S(=O)(=O)c1ccccc1)NCCC1=CCCCC1. The number of nitrogens with one attached hydrogen (secondary N) is 1. The summed E-state index contributed by atoms with van der Waals surface area (Å²) >= 11 is 0. The largest absolute Gasteiger partial charge is 0.355 e. The van der Waals surface area contributed by atoms with Crippen LogP contribution < -0.4 is 5.32 Å². The zero-order chi connectivity index (χ0) is 21.2. The van der Waals surface area contributed by atoms with E-state index in [2.05, 4.69) is 11.4 Å². The Bertz CT molecular complexity index is 941. The molecule has 1 amide bonds. The molecule has 2 aromatic rings. The number of nitrogens with zero attached hydrogens (tertiary/aromatic N) is 1. The molecule has 0 saturated carbocycles. The number of amides is 1. The predicted molar refractivity (Wildman–Crippen MR) is 120 cm³/mol. The predicted octanol–water partition coefficient (Wildman–Crippen LogP) is 3.93. The number of sulfonamides is 1. The molecule has 0 heterocycles. The highest BCUT2D eigenvalue weighted by molar-refractivity contribution is 7.89. The first-order valence-electron chi connectivity index (χ1n) is 10.6. The molecule has 2 aromatic carbocycles. The fourth-order valence-electron chi connectivity index (χ4n) is 3.63. The van der Waals surface area contributed by atoms with E-state index in [4.69, 9.17) is 0 Å². The topological polar surface area (TPSA) is 66.5 Å². The minimum atomic E-state index is -3.75. The van der Waals surface area contributed by atoms with Gasteiger partial charge in [0.25, 0.3) is 0 Å². The molecule has 1 N–H and O–H groups in total. The number of hydrogen-bond donors (Lipinski definition) is 1. The molecule has 0 aliphatic heterocycles. The zero-order valence-corrected chi connectivity index (χ0v) is 18.1. The Labute approximate surface area is 179 Å². The monoisotopic (exact) mass is 426 g/mol. The van der Waals surface area contributed by atoms with Crippen LogP contribution in [0.2, 0.25) is 0 Å². The molecule has 0 atom stereocenters. The molecule has 0 saturated heterocycles. The highest BCUT2D eigenvalue weighted by Gasteiger charge is 2.26. The zero-order valence-electron chi connectivity index (χ0n) is 17.3. The maximum absolute atomic E-state index is 13.1. The Morgan fingerprint density at radius 1 is 0.933 bits per heavy atom. The van der Waals surface area contributed by atoms with Crippen molar-refractivity contribution < 1.29 is 13.2 Å². The lowest BCUT2D eigenvalue weighted by Gasteiger charge is -2.22. The maximum atomic E-state index is 13.1.